The molecule has 0 aliphatic rings. The highest BCUT2D eigenvalue weighted by Gasteiger charge is 2.10. The summed E-state index contributed by atoms with van der Waals surface area (Å²) >= 11 is 0. The largest absolute Gasteiger partial charge is 0.252 e. The molecule has 0 atom stereocenters. The van der Waals surface area contributed by atoms with Gasteiger partial charge in [-0.2, -0.15) is 4.57 Å². The van der Waals surface area contributed by atoms with Crippen molar-refractivity contribution in [3.8, 4) is 0 Å². The van der Waals surface area contributed by atoms with Gasteiger partial charge in [0.25, 0.3) is 0 Å². The fraction of sp³-hybridized carbons (Fsp3) is 0.143. The van der Waals surface area contributed by atoms with E-state index in [4.69, 9.17) is 0 Å². The molecule has 0 saturated carbocycles. The monoisotopic (exact) mass is 211 g/mol. The highest BCUT2D eigenvalue weighted by molar-refractivity contribution is 5.54. The van der Waals surface area contributed by atoms with Crippen molar-refractivity contribution in [3.05, 3.63) is 66.8 Å². The summed E-state index contributed by atoms with van der Waals surface area (Å²) in [6, 6.07) is 10.4. The number of benzene rings is 1. The molecule has 1 aromatic carbocycles. The first-order valence-electron chi connectivity index (χ1n) is 5.30. The second-order valence-corrected chi connectivity index (χ2v) is 3.86. The van der Waals surface area contributed by atoms with Crippen LogP contribution in [0.2, 0.25) is 0 Å². The Morgan fingerprint density at radius 2 is 2.06 bits per heavy atom. The highest BCUT2D eigenvalue weighted by Crippen LogP contribution is 2.05. The maximum Gasteiger partial charge on any atom is 0.226 e. The number of hydrogen-bond donors (Lipinski definition) is 0. The van der Waals surface area contributed by atoms with Crippen molar-refractivity contribution in [1.29, 1.82) is 0 Å². The fourth-order valence-corrected chi connectivity index (χ4v) is 1.66. The number of aromatic nitrogens is 2. The predicted octanol–water partition coefficient (Wildman–Crippen LogP) is 2.45. The van der Waals surface area contributed by atoms with E-state index in [0.29, 0.717) is 0 Å². The van der Waals surface area contributed by atoms with Crippen LogP contribution < -0.4 is 4.57 Å². The Bertz CT molecular complexity index is 489. The number of nitrogens with zero attached hydrogens (tertiary/aromatic N) is 2. The highest BCUT2D eigenvalue weighted by atomic mass is 15.0. The lowest BCUT2D eigenvalue weighted by molar-refractivity contribution is -0.691. The molecule has 0 saturated heterocycles. The van der Waals surface area contributed by atoms with Crippen molar-refractivity contribution >= 4 is 5.57 Å². The van der Waals surface area contributed by atoms with E-state index in [1.807, 2.05) is 25.4 Å². The molecule has 2 nitrogen and oxygen atoms in total. The van der Waals surface area contributed by atoms with Crippen LogP contribution in [0.15, 0.2) is 55.5 Å². The third kappa shape index (κ3) is 2.34. The zero-order valence-electron chi connectivity index (χ0n) is 9.43. The molecule has 0 N–H and O–H groups in total. The molecular formula is C14H15N2+. The standard InChI is InChI=1S/C14H15N2/c1-12(2)14-10-15-8-9-16(14)11-13-6-4-3-5-7-13/h3-10H,1,11H2,2H3/q+1. The lowest BCUT2D eigenvalue weighted by Gasteiger charge is -2.02. The van der Waals surface area contributed by atoms with Crippen molar-refractivity contribution in [3.63, 3.8) is 0 Å². The molecule has 0 spiro atoms. The maximum absolute atomic E-state index is 4.13. The van der Waals surface area contributed by atoms with Crippen LogP contribution in [-0.4, -0.2) is 4.98 Å². The van der Waals surface area contributed by atoms with E-state index in [9.17, 15) is 0 Å². The molecule has 0 amide bonds. The van der Waals surface area contributed by atoms with Gasteiger partial charge < -0.3 is 0 Å². The van der Waals surface area contributed by atoms with E-state index in [-0.39, 0.29) is 0 Å². The molecule has 0 fully saturated rings. The van der Waals surface area contributed by atoms with E-state index in [1.54, 1.807) is 6.20 Å². The second-order valence-electron chi connectivity index (χ2n) is 3.86. The van der Waals surface area contributed by atoms with Gasteiger partial charge in [0.05, 0.1) is 12.4 Å². The topological polar surface area (TPSA) is 16.8 Å². The molecule has 2 heteroatoms. The zero-order chi connectivity index (χ0) is 11.4. The lowest BCUT2D eigenvalue weighted by atomic mass is 10.2. The van der Waals surface area contributed by atoms with Crippen LogP contribution in [-0.2, 0) is 6.54 Å². The predicted molar refractivity (Wildman–Crippen MR) is 64.7 cm³/mol. The third-order valence-corrected chi connectivity index (χ3v) is 2.47. The van der Waals surface area contributed by atoms with E-state index >= 15 is 0 Å². The van der Waals surface area contributed by atoms with Gasteiger partial charge in [-0.3, -0.25) is 4.98 Å². The van der Waals surface area contributed by atoms with Gasteiger partial charge >= 0.3 is 0 Å². The lowest BCUT2D eigenvalue weighted by Crippen LogP contribution is -2.38. The van der Waals surface area contributed by atoms with Crippen LogP contribution in [0.4, 0.5) is 0 Å². The summed E-state index contributed by atoms with van der Waals surface area (Å²) in [5, 5.41) is 0. The molecule has 1 heterocycles. The van der Waals surface area contributed by atoms with Crippen LogP contribution in [0, 0.1) is 0 Å². The van der Waals surface area contributed by atoms with Gasteiger partial charge in [-0.15, -0.1) is 0 Å². The molecule has 80 valence electrons. The Morgan fingerprint density at radius 3 is 2.75 bits per heavy atom. The normalized spacial score (nSPS) is 10.1. The Kier molecular flexibility index (Phi) is 3.10. The molecule has 1 aromatic heterocycles. The molecule has 2 rings (SSSR count). The molecule has 2 aromatic rings. The minimum atomic E-state index is 0.853. The zero-order valence-corrected chi connectivity index (χ0v) is 9.43. The summed E-state index contributed by atoms with van der Waals surface area (Å²) in [4.78, 5) is 4.13. The Morgan fingerprint density at radius 1 is 1.31 bits per heavy atom. The van der Waals surface area contributed by atoms with Crippen LogP contribution >= 0.6 is 0 Å². The van der Waals surface area contributed by atoms with Crippen LogP contribution in [0.25, 0.3) is 5.57 Å². The summed E-state index contributed by atoms with van der Waals surface area (Å²) in [7, 11) is 0. The third-order valence-electron chi connectivity index (χ3n) is 2.47. The average molecular weight is 211 g/mol. The fourth-order valence-electron chi connectivity index (χ4n) is 1.66. The second kappa shape index (κ2) is 4.71. The Hall–Kier alpha value is -1.96. The molecule has 0 aliphatic carbocycles. The Balaban J connectivity index is 2.31. The minimum absolute atomic E-state index is 0.853. The molecule has 0 aliphatic heterocycles. The summed E-state index contributed by atoms with van der Waals surface area (Å²) in [5.74, 6) is 0. The molecular weight excluding hydrogens is 196 g/mol. The van der Waals surface area contributed by atoms with Crippen molar-refractivity contribution in [1.82, 2.24) is 4.98 Å². The molecule has 0 bridgehead atoms. The number of rotatable bonds is 3. The van der Waals surface area contributed by atoms with Crippen LogP contribution in [0.1, 0.15) is 18.2 Å². The quantitative estimate of drug-likeness (QED) is 0.713. The van der Waals surface area contributed by atoms with Crippen LogP contribution in [0.3, 0.4) is 0 Å². The first kappa shape index (κ1) is 10.6. The first-order chi connectivity index (χ1) is 7.77. The summed E-state index contributed by atoms with van der Waals surface area (Å²) in [6.45, 7) is 6.82. The number of hydrogen-bond acceptors (Lipinski definition) is 1. The van der Waals surface area contributed by atoms with Crippen LogP contribution in [0.5, 0.6) is 0 Å². The van der Waals surface area contributed by atoms with Crippen molar-refractivity contribution < 1.29 is 4.57 Å². The SMILES string of the molecule is C=C(C)c1cncc[n+]1Cc1ccccc1. The van der Waals surface area contributed by atoms with E-state index in [1.165, 1.54) is 5.56 Å². The molecule has 0 unspecified atom stereocenters. The summed E-state index contributed by atoms with van der Waals surface area (Å²) in [6.07, 6.45) is 5.64. The Labute approximate surface area is 95.9 Å². The van der Waals surface area contributed by atoms with Gasteiger partial charge in [0.15, 0.2) is 12.7 Å². The van der Waals surface area contributed by atoms with E-state index < -0.39 is 0 Å². The smallest absolute Gasteiger partial charge is 0.226 e. The van der Waals surface area contributed by atoms with Crippen molar-refractivity contribution in [2.75, 3.05) is 0 Å². The number of allylic oxidation sites excluding steroid dienone is 1. The van der Waals surface area contributed by atoms with Gasteiger partial charge in [0.1, 0.15) is 0 Å². The van der Waals surface area contributed by atoms with Gasteiger partial charge in [-0.25, -0.2) is 0 Å². The minimum Gasteiger partial charge on any atom is -0.252 e. The van der Waals surface area contributed by atoms with Crippen molar-refractivity contribution in [2.24, 2.45) is 0 Å². The molecule has 16 heavy (non-hydrogen) atoms. The van der Waals surface area contributed by atoms with Gasteiger partial charge in [0.2, 0.25) is 5.69 Å². The van der Waals surface area contributed by atoms with E-state index in [0.717, 1.165) is 17.8 Å². The van der Waals surface area contributed by atoms with Gasteiger partial charge in [-0.05, 0) is 6.92 Å². The molecule has 0 radical (unpaired) electrons. The summed E-state index contributed by atoms with van der Waals surface area (Å²) < 4.78 is 2.16. The van der Waals surface area contributed by atoms with Gasteiger partial charge in [0, 0.05) is 11.1 Å². The van der Waals surface area contributed by atoms with Crippen molar-refractivity contribution in [2.45, 2.75) is 13.5 Å². The first-order valence-corrected chi connectivity index (χ1v) is 5.30. The average Bonchev–Trinajstić information content (AvgIpc) is 2.31. The van der Waals surface area contributed by atoms with E-state index in [2.05, 4.69) is 40.4 Å². The maximum atomic E-state index is 4.13. The summed E-state index contributed by atoms with van der Waals surface area (Å²) in [5.41, 5.74) is 3.39. The van der Waals surface area contributed by atoms with Gasteiger partial charge in [-0.1, -0.05) is 36.9 Å².